The number of nitrogens with zero attached hydrogens (tertiary/aromatic N) is 2. The van der Waals surface area contributed by atoms with E-state index in [1.807, 2.05) is 0 Å². The quantitative estimate of drug-likeness (QED) is 0.180. The van der Waals surface area contributed by atoms with E-state index in [9.17, 15) is 19.8 Å². The van der Waals surface area contributed by atoms with Crippen molar-refractivity contribution in [3.63, 3.8) is 0 Å². The summed E-state index contributed by atoms with van der Waals surface area (Å²) in [5.74, 6) is -0.692. The maximum Gasteiger partial charge on any atom is 0.351 e. The first-order chi connectivity index (χ1) is 14.3. The Morgan fingerprint density at radius 1 is 1.40 bits per heavy atom. The molecule has 166 valence electrons. The van der Waals surface area contributed by atoms with Crippen molar-refractivity contribution in [3.8, 4) is 0 Å². The molecule has 6 N–H and O–H groups in total. The molecule has 0 bridgehead atoms. The second-order valence-electron chi connectivity index (χ2n) is 6.82. The minimum Gasteiger partial charge on any atom is -0.453 e. The summed E-state index contributed by atoms with van der Waals surface area (Å²) < 4.78 is 23.4. The third kappa shape index (κ3) is 4.84. The van der Waals surface area contributed by atoms with Gasteiger partial charge in [0.25, 0.3) is 0 Å². The number of carbonyl (C=O) groups is 1. The highest BCUT2D eigenvalue weighted by Crippen LogP contribution is 2.34. The van der Waals surface area contributed by atoms with Crippen LogP contribution in [0.15, 0.2) is 29.2 Å². The average Bonchev–Trinajstić information content (AvgIpc) is 3.02. The van der Waals surface area contributed by atoms with Crippen molar-refractivity contribution in [3.05, 3.63) is 34.9 Å². The Kier molecular flexibility index (Phi) is 7.14. The highest BCUT2D eigenvalue weighted by Gasteiger charge is 2.49. The van der Waals surface area contributed by atoms with Crippen LogP contribution in [0.5, 0.6) is 0 Å². The van der Waals surface area contributed by atoms with Gasteiger partial charge in [-0.2, -0.15) is 4.98 Å². The van der Waals surface area contributed by atoms with Crippen molar-refractivity contribution < 1.29 is 39.2 Å². The van der Waals surface area contributed by atoms with Gasteiger partial charge in [0.2, 0.25) is 0 Å². The molecule has 0 radical (unpaired) electrons. The summed E-state index contributed by atoms with van der Waals surface area (Å²) >= 11 is 0. The van der Waals surface area contributed by atoms with Crippen molar-refractivity contribution >= 4 is 11.8 Å². The molecule has 1 saturated heterocycles. The molecule has 0 saturated carbocycles. The van der Waals surface area contributed by atoms with Crippen molar-refractivity contribution in [1.29, 1.82) is 0 Å². The minimum atomic E-state index is -1.50. The normalized spacial score (nSPS) is 30.4. The SMILES string of the molecule is C[C@@H](O)[C@H](N)C(O)OC[C@H]1O[C@@H](n2ccc(NO)nc2=O)[C@@H]2OC/C=C\C(=O)O[C@@H]21. The van der Waals surface area contributed by atoms with Crippen LogP contribution < -0.4 is 16.9 Å². The lowest BCUT2D eigenvalue weighted by Crippen LogP contribution is -2.47. The van der Waals surface area contributed by atoms with Crippen LogP contribution in [0, 0.1) is 0 Å². The number of ether oxygens (including phenoxy) is 4. The second-order valence-corrected chi connectivity index (χ2v) is 6.82. The van der Waals surface area contributed by atoms with E-state index in [0.717, 1.165) is 4.57 Å². The van der Waals surface area contributed by atoms with Crippen LogP contribution in [0.4, 0.5) is 5.82 Å². The fraction of sp³-hybridized carbons (Fsp3) is 0.588. The van der Waals surface area contributed by atoms with Gasteiger partial charge in [-0.1, -0.05) is 6.08 Å². The van der Waals surface area contributed by atoms with Crippen LogP contribution in [0.1, 0.15) is 13.2 Å². The van der Waals surface area contributed by atoms with Gasteiger partial charge >= 0.3 is 11.7 Å². The van der Waals surface area contributed by atoms with Crippen molar-refractivity contribution in [1.82, 2.24) is 9.55 Å². The van der Waals surface area contributed by atoms with Gasteiger partial charge in [0.05, 0.1) is 25.4 Å². The first-order valence-electron chi connectivity index (χ1n) is 9.18. The summed E-state index contributed by atoms with van der Waals surface area (Å²) in [5, 5.41) is 28.4. The van der Waals surface area contributed by atoms with E-state index in [1.165, 1.54) is 31.3 Å². The molecule has 0 aliphatic carbocycles. The topological polar surface area (TPSA) is 188 Å². The molecular weight excluding hydrogens is 404 g/mol. The predicted molar refractivity (Wildman–Crippen MR) is 98.2 cm³/mol. The Hall–Kier alpha value is -2.39. The van der Waals surface area contributed by atoms with Gasteiger partial charge in [0.1, 0.15) is 12.2 Å². The molecule has 7 atom stereocenters. The number of hydrogen-bond acceptors (Lipinski definition) is 12. The molecule has 1 aromatic rings. The number of carbonyl (C=O) groups excluding carboxylic acids is 1. The lowest BCUT2D eigenvalue weighted by Gasteiger charge is -2.26. The van der Waals surface area contributed by atoms with E-state index in [1.54, 1.807) is 5.48 Å². The highest BCUT2D eigenvalue weighted by molar-refractivity contribution is 5.82. The Balaban J connectivity index is 1.83. The van der Waals surface area contributed by atoms with Gasteiger partial charge in [0, 0.05) is 12.3 Å². The number of aliphatic hydroxyl groups excluding tert-OH is 2. The van der Waals surface area contributed by atoms with E-state index in [4.69, 9.17) is 29.9 Å². The van der Waals surface area contributed by atoms with Crippen LogP contribution in [-0.4, -0.2) is 80.9 Å². The summed E-state index contributed by atoms with van der Waals surface area (Å²) in [6, 6.07) is 0.270. The van der Waals surface area contributed by atoms with E-state index < -0.39 is 54.6 Å². The molecule has 3 rings (SSSR count). The van der Waals surface area contributed by atoms with E-state index in [0.29, 0.717) is 0 Å². The van der Waals surface area contributed by atoms with Crippen LogP contribution >= 0.6 is 0 Å². The molecule has 1 unspecified atom stereocenters. The number of nitrogens with one attached hydrogen (secondary N) is 1. The fourth-order valence-electron chi connectivity index (χ4n) is 3.08. The van der Waals surface area contributed by atoms with Crippen LogP contribution in [-0.2, 0) is 23.7 Å². The number of nitrogens with two attached hydrogens (primary N) is 1. The van der Waals surface area contributed by atoms with Gasteiger partial charge < -0.3 is 34.9 Å². The molecule has 13 nitrogen and oxygen atoms in total. The molecular formula is C17H24N4O9. The summed E-state index contributed by atoms with van der Waals surface area (Å²) in [5.41, 5.74) is 6.67. The predicted octanol–water partition coefficient (Wildman–Crippen LogP) is -2.15. The zero-order chi connectivity index (χ0) is 21.8. The Labute approximate surface area is 170 Å². The smallest absolute Gasteiger partial charge is 0.351 e. The molecule has 13 heteroatoms. The number of aromatic nitrogens is 2. The number of fused-ring (bicyclic) bond motifs is 1. The first-order valence-corrected chi connectivity index (χ1v) is 9.18. The van der Waals surface area contributed by atoms with Gasteiger partial charge in [-0.25, -0.2) is 9.59 Å². The minimum absolute atomic E-state index is 0.0612. The Morgan fingerprint density at radius 3 is 2.83 bits per heavy atom. The zero-order valence-electron chi connectivity index (χ0n) is 16.0. The fourth-order valence-corrected chi connectivity index (χ4v) is 3.08. The molecule has 0 amide bonds. The average molecular weight is 428 g/mol. The zero-order valence-corrected chi connectivity index (χ0v) is 16.0. The number of aliphatic hydroxyl groups is 2. The monoisotopic (exact) mass is 428 g/mol. The van der Waals surface area contributed by atoms with Crippen molar-refractivity contribution in [2.45, 2.75) is 49.9 Å². The first kappa shape index (κ1) is 22.3. The van der Waals surface area contributed by atoms with Crippen molar-refractivity contribution in [2.24, 2.45) is 5.73 Å². The maximum absolute atomic E-state index is 12.3. The van der Waals surface area contributed by atoms with Crippen LogP contribution in [0.2, 0.25) is 0 Å². The molecule has 2 aliphatic heterocycles. The number of anilines is 1. The molecule has 0 aromatic carbocycles. The van der Waals surface area contributed by atoms with E-state index in [-0.39, 0.29) is 19.0 Å². The molecule has 3 heterocycles. The van der Waals surface area contributed by atoms with Crippen LogP contribution in [0.25, 0.3) is 0 Å². The third-order valence-electron chi connectivity index (χ3n) is 4.71. The van der Waals surface area contributed by atoms with Gasteiger partial charge in [0.15, 0.2) is 24.4 Å². The number of hydrogen-bond donors (Lipinski definition) is 5. The van der Waals surface area contributed by atoms with E-state index >= 15 is 0 Å². The lowest BCUT2D eigenvalue weighted by molar-refractivity contribution is -0.170. The van der Waals surface area contributed by atoms with Crippen LogP contribution in [0.3, 0.4) is 0 Å². The number of esters is 1. The number of rotatable bonds is 7. The maximum atomic E-state index is 12.3. The Morgan fingerprint density at radius 2 is 2.17 bits per heavy atom. The summed E-state index contributed by atoms with van der Waals surface area (Å²) in [4.78, 5) is 28.0. The second kappa shape index (κ2) is 9.61. The molecule has 0 spiro atoms. The standard InChI is InChI=1S/C17H24N4O9/c1-8(22)12(18)16(24)28-7-9-13-14(27-6-2-3-11(23)30-13)15(29-9)21-5-4-10(20-26)19-17(21)25/h2-5,8-9,12-16,22,24,26H,6-7,18H2,1H3,(H,19,20,25)/b3-2-/t8-,9-,12+,13-,14-,15-,16?/m1/s1. The van der Waals surface area contributed by atoms with Gasteiger partial charge in [-0.15, -0.1) is 0 Å². The van der Waals surface area contributed by atoms with Crippen molar-refractivity contribution in [2.75, 3.05) is 18.7 Å². The third-order valence-corrected chi connectivity index (χ3v) is 4.71. The van der Waals surface area contributed by atoms with Gasteiger partial charge in [-0.3, -0.25) is 15.3 Å². The molecule has 30 heavy (non-hydrogen) atoms. The Bertz CT molecular complexity index is 830. The summed E-state index contributed by atoms with van der Waals surface area (Å²) in [6.45, 7) is 1.20. The summed E-state index contributed by atoms with van der Waals surface area (Å²) in [6.07, 6.45) is -2.34. The lowest BCUT2D eigenvalue weighted by atomic mass is 10.1. The van der Waals surface area contributed by atoms with E-state index in [2.05, 4.69) is 4.98 Å². The molecule has 1 aromatic heterocycles. The summed E-state index contributed by atoms with van der Waals surface area (Å²) in [7, 11) is 0. The molecule has 1 fully saturated rings. The van der Waals surface area contributed by atoms with Gasteiger partial charge in [-0.05, 0) is 13.0 Å². The largest absolute Gasteiger partial charge is 0.453 e. The molecule has 2 aliphatic rings. The highest BCUT2D eigenvalue weighted by atomic mass is 16.7.